The van der Waals surface area contributed by atoms with Crippen LogP contribution in [0.15, 0.2) is 133 Å². The maximum Gasteiger partial charge on any atom is 0.417 e. The molecule has 11 nitrogen and oxygen atoms in total. The van der Waals surface area contributed by atoms with E-state index in [4.69, 9.17) is 15.2 Å². The van der Waals surface area contributed by atoms with Crippen molar-refractivity contribution in [2.24, 2.45) is 5.73 Å². The number of imide groups is 1. The van der Waals surface area contributed by atoms with E-state index in [9.17, 15) is 19.2 Å². The van der Waals surface area contributed by atoms with Gasteiger partial charge in [-0.2, -0.15) is 25.3 Å². The standard InChI is InChI=1S/C55H64N4O7S2/c1-54(2,3)59(46(34-67)49(60)39-30-28-38(29-31-39)48(36-19-9-7-10-20-36)37-21-11-8-12-22-37)51(62)47(35-68)58(53(64)66-55(4,5)6)50(61)45(27-17-18-32-56)57-52(63)65-33-44-42-25-15-13-23-40(42)41-24-14-16-26-43(41)44/h7-16,19-26,28-31,44-48,67-68H,17-18,27,32-35,56H2,1-6H3,(H,57,63)/t45-,46-,47-/m0/s1. The van der Waals surface area contributed by atoms with Gasteiger partial charge in [0.1, 0.15) is 30.3 Å². The third-order valence-electron chi connectivity index (χ3n) is 12.0. The zero-order chi connectivity index (χ0) is 49.2. The first-order chi connectivity index (χ1) is 32.5. The highest BCUT2D eigenvalue weighted by atomic mass is 32.1. The second-order valence-corrected chi connectivity index (χ2v) is 19.7. The van der Waals surface area contributed by atoms with Gasteiger partial charge in [0.05, 0.1) is 0 Å². The van der Waals surface area contributed by atoms with Crippen LogP contribution < -0.4 is 11.1 Å². The fourth-order valence-corrected chi connectivity index (χ4v) is 9.60. The van der Waals surface area contributed by atoms with Gasteiger partial charge in [-0.25, -0.2) is 14.5 Å². The molecule has 358 valence electrons. The quantitative estimate of drug-likeness (QED) is 0.0294. The summed E-state index contributed by atoms with van der Waals surface area (Å²) >= 11 is 9.20. The average molecular weight is 957 g/mol. The molecule has 0 bridgehead atoms. The van der Waals surface area contributed by atoms with Crippen LogP contribution >= 0.6 is 25.3 Å². The highest BCUT2D eigenvalue weighted by Crippen LogP contribution is 2.44. The zero-order valence-corrected chi connectivity index (χ0v) is 41.6. The Balaban J connectivity index is 1.29. The van der Waals surface area contributed by atoms with E-state index < -0.39 is 53.3 Å². The Morgan fingerprint density at radius 3 is 1.63 bits per heavy atom. The number of nitrogens with two attached hydrogens (primary N) is 1. The fourth-order valence-electron chi connectivity index (χ4n) is 8.95. The smallest absolute Gasteiger partial charge is 0.417 e. The number of amides is 4. The van der Waals surface area contributed by atoms with Gasteiger partial charge in [-0.05, 0) is 106 Å². The summed E-state index contributed by atoms with van der Waals surface area (Å²) in [6.45, 7) is 10.5. The molecular weight excluding hydrogens is 893 g/mol. The van der Waals surface area contributed by atoms with Crippen molar-refractivity contribution in [1.29, 1.82) is 0 Å². The Bertz CT molecular complexity index is 2440. The molecule has 68 heavy (non-hydrogen) atoms. The van der Waals surface area contributed by atoms with E-state index in [-0.39, 0.29) is 42.2 Å². The number of Topliss-reactive ketones (excluding diaryl/α,β-unsaturated/α-hetero) is 1. The molecule has 4 amide bonds. The van der Waals surface area contributed by atoms with Crippen molar-refractivity contribution < 1.29 is 33.4 Å². The van der Waals surface area contributed by atoms with E-state index >= 15 is 4.79 Å². The van der Waals surface area contributed by atoms with Gasteiger partial charge in [-0.15, -0.1) is 0 Å². The van der Waals surface area contributed by atoms with E-state index in [1.807, 2.05) is 97.1 Å². The molecule has 0 unspecified atom stereocenters. The monoisotopic (exact) mass is 956 g/mol. The highest BCUT2D eigenvalue weighted by Gasteiger charge is 2.46. The number of unbranched alkanes of at least 4 members (excludes halogenated alkanes) is 1. The van der Waals surface area contributed by atoms with E-state index in [2.05, 4.69) is 54.8 Å². The minimum atomic E-state index is -1.57. The number of nitrogens with zero attached hydrogens (tertiary/aromatic N) is 2. The first kappa shape index (κ1) is 51.5. The zero-order valence-electron chi connectivity index (χ0n) is 39.8. The molecule has 3 atom stereocenters. The number of carbonyl (C=O) groups excluding carboxylic acids is 5. The van der Waals surface area contributed by atoms with Gasteiger partial charge in [0.25, 0.3) is 5.91 Å². The normalized spacial score (nSPS) is 13.7. The van der Waals surface area contributed by atoms with E-state index in [0.29, 0.717) is 24.9 Å². The fraction of sp³-hybridized carbons (Fsp3) is 0.364. The SMILES string of the molecule is CC(C)(C)OC(=O)N(C(=O)[C@H](CCCCN)NC(=O)OCC1c2ccccc2-c2ccccc21)[C@@H](CS)C(=O)N([C@@H](CS)C(=O)c1ccc(C(c2ccccc2)c2ccccc2)cc1)C(C)(C)C. The maximum absolute atomic E-state index is 15.2. The lowest BCUT2D eigenvalue weighted by Crippen LogP contribution is -2.64. The van der Waals surface area contributed by atoms with Crippen molar-refractivity contribution in [3.05, 3.63) is 167 Å². The lowest BCUT2D eigenvalue weighted by Gasteiger charge is -2.44. The molecular formula is C55H64N4O7S2. The Morgan fingerprint density at radius 1 is 0.647 bits per heavy atom. The molecule has 0 heterocycles. The van der Waals surface area contributed by atoms with Crippen LogP contribution in [0, 0.1) is 0 Å². The summed E-state index contributed by atoms with van der Waals surface area (Å²) in [5.41, 5.74) is 11.4. The second kappa shape index (κ2) is 22.9. The largest absolute Gasteiger partial charge is 0.449 e. The summed E-state index contributed by atoms with van der Waals surface area (Å²) in [7, 11) is 0. The number of alkyl carbamates (subject to hydrolysis) is 1. The number of ketones is 1. The first-order valence-corrected chi connectivity index (χ1v) is 24.4. The van der Waals surface area contributed by atoms with E-state index in [1.54, 1.807) is 53.7 Å². The summed E-state index contributed by atoms with van der Waals surface area (Å²) < 4.78 is 11.6. The number of thiol groups is 2. The molecule has 5 aromatic carbocycles. The van der Waals surface area contributed by atoms with Crippen molar-refractivity contribution in [1.82, 2.24) is 15.1 Å². The number of rotatable bonds is 18. The molecule has 1 aliphatic carbocycles. The van der Waals surface area contributed by atoms with Crippen LogP contribution in [0.2, 0.25) is 0 Å². The summed E-state index contributed by atoms with van der Waals surface area (Å²) in [5, 5.41) is 2.71. The Hall–Kier alpha value is -5.89. The minimum Gasteiger partial charge on any atom is -0.449 e. The number of carbonyl (C=O) groups is 5. The third-order valence-corrected chi connectivity index (χ3v) is 12.7. The number of ether oxygens (including phenoxy) is 2. The molecule has 0 saturated heterocycles. The molecule has 0 spiro atoms. The number of hydrogen-bond donors (Lipinski definition) is 4. The maximum atomic E-state index is 15.2. The molecule has 5 aromatic rings. The topological polar surface area (TPSA) is 148 Å². The summed E-state index contributed by atoms with van der Waals surface area (Å²) in [5.74, 6) is -2.76. The van der Waals surface area contributed by atoms with Crippen LogP contribution in [0.1, 0.15) is 111 Å². The van der Waals surface area contributed by atoms with Crippen molar-refractivity contribution in [2.45, 2.75) is 102 Å². The molecule has 0 aromatic heterocycles. The van der Waals surface area contributed by atoms with E-state index in [0.717, 1.165) is 43.8 Å². The van der Waals surface area contributed by atoms with Gasteiger partial charge >= 0.3 is 12.2 Å². The molecule has 0 saturated carbocycles. The molecule has 0 radical (unpaired) electrons. The van der Waals surface area contributed by atoms with Gasteiger partial charge in [-0.1, -0.05) is 133 Å². The van der Waals surface area contributed by atoms with Gasteiger partial charge < -0.3 is 25.4 Å². The predicted octanol–water partition coefficient (Wildman–Crippen LogP) is 10.1. The Morgan fingerprint density at radius 2 is 1.15 bits per heavy atom. The van der Waals surface area contributed by atoms with Gasteiger partial charge in [0.15, 0.2) is 5.78 Å². The van der Waals surface area contributed by atoms with Crippen molar-refractivity contribution >= 4 is 55.0 Å². The third kappa shape index (κ3) is 12.2. The molecule has 1 aliphatic rings. The Labute approximate surface area is 412 Å². The van der Waals surface area contributed by atoms with Crippen LogP contribution in [0.25, 0.3) is 11.1 Å². The van der Waals surface area contributed by atoms with Gasteiger partial charge in [0, 0.05) is 34.4 Å². The Kier molecular flexibility index (Phi) is 17.4. The molecule has 0 fully saturated rings. The molecule has 6 rings (SSSR count). The number of benzene rings is 5. The number of fused-ring (bicyclic) bond motifs is 3. The number of nitrogens with one attached hydrogen (secondary N) is 1. The summed E-state index contributed by atoms with van der Waals surface area (Å²) in [6, 6.07) is 39.4. The van der Waals surface area contributed by atoms with E-state index in [1.165, 1.54) is 4.90 Å². The predicted molar refractivity (Wildman–Crippen MR) is 274 cm³/mol. The highest BCUT2D eigenvalue weighted by molar-refractivity contribution is 7.80. The lowest BCUT2D eigenvalue weighted by atomic mass is 9.84. The van der Waals surface area contributed by atoms with Gasteiger partial charge in [-0.3, -0.25) is 14.4 Å². The van der Waals surface area contributed by atoms with Crippen molar-refractivity contribution in [3.8, 4) is 11.1 Å². The second-order valence-electron chi connectivity index (χ2n) is 19.0. The van der Waals surface area contributed by atoms with Crippen LogP contribution in [-0.4, -0.2) is 93.5 Å². The molecule has 13 heteroatoms. The van der Waals surface area contributed by atoms with Crippen molar-refractivity contribution in [3.63, 3.8) is 0 Å². The van der Waals surface area contributed by atoms with Crippen molar-refractivity contribution in [2.75, 3.05) is 24.7 Å². The lowest BCUT2D eigenvalue weighted by molar-refractivity contribution is -0.149. The summed E-state index contributed by atoms with van der Waals surface area (Å²) in [4.78, 5) is 75.2. The first-order valence-electron chi connectivity index (χ1n) is 23.2. The number of hydrogen-bond acceptors (Lipinski definition) is 10. The minimum absolute atomic E-state index is 0.0137. The van der Waals surface area contributed by atoms with Gasteiger partial charge in [0.2, 0.25) is 5.91 Å². The summed E-state index contributed by atoms with van der Waals surface area (Å²) in [6.07, 6.45) is -1.01. The molecule has 3 N–H and O–H groups in total. The molecule has 0 aliphatic heterocycles. The average Bonchev–Trinajstić information content (AvgIpc) is 3.64. The van der Waals surface area contributed by atoms with Crippen LogP contribution in [0.4, 0.5) is 9.59 Å². The van der Waals surface area contributed by atoms with Crippen LogP contribution in [0.3, 0.4) is 0 Å². The van der Waals surface area contributed by atoms with Crippen LogP contribution in [0.5, 0.6) is 0 Å². The van der Waals surface area contributed by atoms with Crippen LogP contribution in [-0.2, 0) is 19.1 Å².